The Bertz CT molecular complexity index is 1030. The summed E-state index contributed by atoms with van der Waals surface area (Å²) in [4.78, 5) is 22.5. The number of aromatic amines is 1. The first kappa shape index (κ1) is 17.1. The number of ether oxygens (including phenoxy) is 1. The van der Waals surface area contributed by atoms with Crippen molar-refractivity contribution in [2.24, 2.45) is 4.99 Å². The highest BCUT2D eigenvalue weighted by molar-refractivity contribution is 6.07. The molecule has 3 aromatic rings. The van der Waals surface area contributed by atoms with Crippen LogP contribution in [0, 0.1) is 0 Å². The van der Waals surface area contributed by atoms with E-state index in [0.717, 1.165) is 22.0 Å². The predicted octanol–water partition coefficient (Wildman–Crippen LogP) is 4.16. The van der Waals surface area contributed by atoms with Crippen molar-refractivity contribution in [2.75, 3.05) is 13.7 Å². The molecule has 5 heteroatoms. The van der Waals surface area contributed by atoms with Gasteiger partial charge in [-0.05, 0) is 24.6 Å². The van der Waals surface area contributed by atoms with Gasteiger partial charge < -0.3 is 14.6 Å². The predicted molar refractivity (Wildman–Crippen MR) is 107 cm³/mol. The number of fused-ring (bicyclic) bond motifs is 1. The molecule has 1 unspecified atom stereocenters. The van der Waals surface area contributed by atoms with E-state index in [4.69, 9.17) is 4.74 Å². The molecule has 0 bridgehead atoms. The maximum atomic E-state index is 13.0. The smallest absolute Gasteiger partial charge is 0.256 e. The Morgan fingerprint density at radius 1 is 1.15 bits per heavy atom. The zero-order valence-electron chi connectivity index (χ0n) is 15.3. The highest BCUT2D eigenvalue weighted by Gasteiger charge is 2.33. The van der Waals surface area contributed by atoms with Gasteiger partial charge >= 0.3 is 0 Å². The van der Waals surface area contributed by atoms with Crippen LogP contribution in [0.1, 0.15) is 24.1 Å². The van der Waals surface area contributed by atoms with Crippen LogP contribution >= 0.6 is 0 Å². The summed E-state index contributed by atoms with van der Waals surface area (Å²) in [6.07, 6.45) is 3.88. The lowest BCUT2D eigenvalue weighted by atomic mass is 10.0. The van der Waals surface area contributed by atoms with Crippen molar-refractivity contribution in [1.29, 1.82) is 0 Å². The minimum atomic E-state index is -0.585. The van der Waals surface area contributed by atoms with Gasteiger partial charge in [-0.25, -0.2) is 4.99 Å². The SMILES string of the molecule is CCOC1=NC(c2ccccc2)C(=O)N(C)C1=Cc1c[nH]c2ccccc12. The molecule has 4 rings (SSSR count). The molecular weight excluding hydrogens is 338 g/mol. The number of aliphatic imine (C=N–C) groups is 1. The number of amides is 1. The number of nitrogens with one attached hydrogen (secondary N) is 1. The summed E-state index contributed by atoms with van der Waals surface area (Å²) in [6, 6.07) is 17.1. The third kappa shape index (κ3) is 3.12. The number of likely N-dealkylation sites (N-methyl/N-ethyl adjacent to an activating group) is 1. The number of rotatable bonds is 3. The van der Waals surface area contributed by atoms with E-state index in [2.05, 4.69) is 9.98 Å². The van der Waals surface area contributed by atoms with Crippen molar-refractivity contribution >= 4 is 28.8 Å². The molecular formula is C22H21N3O2. The van der Waals surface area contributed by atoms with Crippen LogP contribution in [0.5, 0.6) is 0 Å². The Labute approximate surface area is 158 Å². The molecule has 0 fully saturated rings. The van der Waals surface area contributed by atoms with Crippen LogP contribution < -0.4 is 0 Å². The Hall–Kier alpha value is -3.34. The number of carbonyl (C=O) groups excluding carboxylic acids is 1. The highest BCUT2D eigenvalue weighted by Crippen LogP contribution is 2.30. The first-order valence-corrected chi connectivity index (χ1v) is 9.00. The van der Waals surface area contributed by atoms with Crippen molar-refractivity contribution in [3.8, 4) is 0 Å². The lowest BCUT2D eigenvalue weighted by molar-refractivity contribution is -0.129. The largest absolute Gasteiger partial charge is 0.477 e. The molecule has 27 heavy (non-hydrogen) atoms. The van der Waals surface area contributed by atoms with Crippen LogP contribution in [0.25, 0.3) is 17.0 Å². The van der Waals surface area contributed by atoms with Crippen molar-refractivity contribution in [3.63, 3.8) is 0 Å². The van der Waals surface area contributed by atoms with Gasteiger partial charge in [0.1, 0.15) is 5.70 Å². The van der Waals surface area contributed by atoms with Gasteiger partial charge in [0.25, 0.3) is 5.91 Å². The molecule has 5 nitrogen and oxygen atoms in total. The second kappa shape index (κ2) is 7.11. The Morgan fingerprint density at radius 2 is 1.89 bits per heavy atom. The summed E-state index contributed by atoms with van der Waals surface area (Å²) in [5.74, 6) is 0.412. The zero-order chi connectivity index (χ0) is 18.8. The van der Waals surface area contributed by atoms with Crippen LogP contribution in [-0.4, -0.2) is 35.3 Å². The van der Waals surface area contributed by atoms with E-state index >= 15 is 0 Å². The molecule has 1 amide bonds. The number of benzene rings is 2. The molecule has 2 heterocycles. The first-order valence-electron chi connectivity index (χ1n) is 9.00. The molecule has 0 spiro atoms. The van der Waals surface area contributed by atoms with Crippen LogP contribution in [0.2, 0.25) is 0 Å². The fourth-order valence-electron chi connectivity index (χ4n) is 3.30. The van der Waals surface area contributed by atoms with E-state index < -0.39 is 6.04 Å². The number of carbonyl (C=O) groups is 1. The Balaban J connectivity index is 1.81. The van der Waals surface area contributed by atoms with E-state index in [9.17, 15) is 4.79 Å². The molecule has 2 aromatic carbocycles. The normalized spacial score (nSPS) is 18.8. The lowest BCUT2D eigenvalue weighted by Gasteiger charge is -2.30. The Morgan fingerprint density at radius 3 is 2.67 bits per heavy atom. The van der Waals surface area contributed by atoms with Gasteiger partial charge in [-0.2, -0.15) is 0 Å². The van der Waals surface area contributed by atoms with Crippen LogP contribution in [-0.2, 0) is 9.53 Å². The summed E-state index contributed by atoms with van der Waals surface area (Å²) in [6.45, 7) is 2.40. The van der Waals surface area contributed by atoms with E-state index in [1.54, 1.807) is 11.9 Å². The fourth-order valence-corrected chi connectivity index (χ4v) is 3.30. The Kier molecular flexibility index (Phi) is 4.50. The zero-order valence-corrected chi connectivity index (χ0v) is 15.3. The van der Waals surface area contributed by atoms with Gasteiger partial charge in [0.15, 0.2) is 6.04 Å². The summed E-state index contributed by atoms with van der Waals surface area (Å²) >= 11 is 0. The van der Waals surface area contributed by atoms with E-state index in [1.165, 1.54) is 0 Å². The monoisotopic (exact) mass is 359 g/mol. The van der Waals surface area contributed by atoms with E-state index in [-0.39, 0.29) is 5.91 Å². The van der Waals surface area contributed by atoms with Gasteiger partial charge in [0.05, 0.1) is 6.61 Å². The van der Waals surface area contributed by atoms with Crippen molar-refractivity contribution < 1.29 is 9.53 Å². The van der Waals surface area contributed by atoms with Crippen molar-refractivity contribution in [1.82, 2.24) is 9.88 Å². The number of nitrogens with zero attached hydrogens (tertiary/aromatic N) is 2. The average molecular weight is 359 g/mol. The molecule has 136 valence electrons. The number of H-pyrrole nitrogens is 1. The van der Waals surface area contributed by atoms with Gasteiger partial charge in [-0.1, -0.05) is 48.5 Å². The van der Waals surface area contributed by atoms with E-state index in [1.807, 2.05) is 73.8 Å². The minimum Gasteiger partial charge on any atom is -0.477 e. The molecule has 0 saturated carbocycles. The van der Waals surface area contributed by atoms with Crippen LogP contribution in [0.3, 0.4) is 0 Å². The second-order valence-corrected chi connectivity index (χ2v) is 6.40. The fraction of sp³-hybridized carbons (Fsp3) is 0.182. The minimum absolute atomic E-state index is 0.0734. The van der Waals surface area contributed by atoms with Gasteiger partial charge in [0, 0.05) is 29.7 Å². The summed E-state index contributed by atoms with van der Waals surface area (Å²) < 4.78 is 5.80. The molecule has 1 aliphatic rings. The average Bonchev–Trinajstić information content (AvgIpc) is 3.11. The molecule has 1 aliphatic heterocycles. The molecule has 1 N–H and O–H groups in total. The third-order valence-electron chi connectivity index (χ3n) is 4.70. The molecule has 0 saturated heterocycles. The molecule has 1 atom stereocenters. The maximum absolute atomic E-state index is 13.0. The molecule has 1 aromatic heterocycles. The van der Waals surface area contributed by atoms with Gasteiger partial charge in [-0.15, -0.1) is 0 Å². The first-order chi connectivity index (χ1) is 13.2. The number of hydrogen-bond acceptors (Lipinski definition) is 3. The number of para-hydroxylation sites is 1. The lowest BCUT2D eigenvalue weighted by Crippen LogP contribution is -2.39. The van der Waals surface area contributed by atoms with E-state index in [0.29, 0.717) is 18.2 Å². The quantitative estimate of drug-likeness (QED) is 0.763. The second-order valence-electron chi connectivity index (χ2n) is 6.40. The van der Waals surface area contributed by atoms with Crippen LogP contribution in [0.15, 0.2) is 71.5 Å². The van der Waals surface area contributed by atoms with Crippen molar-refractivity contribution in [3.05, 3.63) is 77.6 Å². The number of hydrogen-bond donors (Lipinski definition) is 1. The standard InChI is InChI=1S/C22H21N3O2/c1-3-27-21-19(13-16-14-23-18-12-8-7-11-17(16)18)25(2)22(26)20(24-21)15-9-5-4-6-10-15/h4-14,20,23H,3H2,1-2H3. The highest BCUT2D eigenvalue weighted by atomic mass is 16.5. The summed E-state index contributed by atoms with van der Waals surface area (Å²) in [7, 11) is 1.77. The van der Waals surface area contributed by atoms with Gasteiger partial charge in [-0.3, -0.25) is 4.79 Å². The maximum Gasteiger partial charge on any atom is 0.256 e. The van der Waals surface area contributed by atoms with Crippen molar-refractivity contribution in [2.45, 2.75) is 13.0 Å². The number of aromatic nitrogens is 1. The summed E-state index contributed by atoms with van der Waals surface area (Å²) in [5, 5.41) is 1.09. The molecule has 0 aliphatic carbocycles. The topological polar surface area (TPSA) is 57.7 Å². The van der Waals surface area contributed by atoms with Gasteiger partial charge in [0.2, 0.25) is 5.90 Å². The third-order valence-corrected chi connectivity index (χ3v) is 4.70. The van der Waals surface area contributed by atoms with Crippen LogP contribution in [0.4, 0.5) is 0 Å². The molecule has 0 radical (unpaired) electrons. The summed E-state index contributed by atoms with van der Waals surface area (Å²) in [5.41, 5.74) is 3.56.